The van der Waals surface area contributed by atoms with Crippen molar-refractivity contribution in [1.29, 1.82) is 0 Å². The Hall–Kier alpha value is -2.29. The van der Waals surface area contributed by atoms with Crippen molar-refractivity contribution >= 4 is 21.8 Å². The minimum atomic E-state index is -3.49. The summed E-state index contributed by atoms with van der Waals surface area (Å²) in [4.78, 5) is 16.6. The van der Waals surface area contributed by atoms with Gasteiger partial charge in [0.05, 0.1) is 5.92 Å². The Morgan fingerprint density at radius 2 is 1.79 bits per heavy atom. The quantitative estimate of drug-likeness (QED) is 0.802. The molecule has 1 amide bonds. The van der Waals surface area contributed by atoms with Crippen LogP contribution >= 0.6 is 0 Å². The summed E-state index contributed by atoms with van der Waals surface area (Å²) >= 11 is 0. The molecule has 0 saturated carbocycles. The van der Waals surface area contributed by atoms with Gasteiger partial charge in [0.2, 0.25) is 5.91 Å². The number of hydrogen-bond donors (Lipinski definition) is 1. The zero-order valence-corrected chi connectivity index (χ0v) is 17.0. The van der Waals surface area contributed by atoms with Gasteiger partial charge in [-0.25, -0.2) is 0 Å². The van der Waals surface area contributed by atoms with Gasteiger partial charge >= 0.3 is 0 Å². The average Bonchev–Trinajstić information content (AvgIpc) is 2.70. The maximum absolute atomic E-state index is 12.6. The molecule has 1 N–H and O–H groups in total. The van der Waals surface area contributed by atoms with Crippen LogP contribution in [0.15, 0.2) is 48.8 Å². The second kappa shape index (κ2) is 8.81. The Morgan fingerprint density at radius 3 is 2.43 bits per heavy atom. The molecule has 3 rings (SSSR count). The van der Waals surface area contributed by atoms with Gasteiger partial charge in [-0.3, -0.25) is 9.78 Å². The molecule has 1 fully saturated rings. The van der Waals surface area contributed by atoms with Gasteiger partial charge in [-0.2, -0.15) is 17.0 Å². The molecule has 150 valence electrons. The third kappa shape index (κ3) is 4.95. The number of benzene rings is 1. The molecule has 8 heteroatoms. The molecule has 0 spiro atoms. The van der Waals surface area contributed by atoms with Crippen LogP contribution in [0, 0.1) is 5.92 Å². The van der Waals surface area contributed by atoms with Crippen LogP contribution in [0.1, 0.15) is 24.0 Å². The Labute approximate surface area is 166 Å². The van der Waals surface area contributed by atoms with Crippen LogP contribution in [0.25, 0.3) is 0 Å². The van der Waals surface area contributed by atoms with Gasteiger partial charge in [0.25, 0.3) is 10.2 Å². The smallest absolute Gasteiger partial charge is 0.281 e. The zero-order valence-electron chi connectivity index (χ0n) is 16.2. The predicted octanol–water partition coefficient (Wildman–Crippen LogP) is 2.13. The normalized spacial score (nSPS) is 18.2. The first-order chi connectivity index (χ1) is 13.4. The zero-order chi connectivity index (χ0) is 20.1. The number of piperidine rings is 1. The van der Waals surface area contributed by atoms with E-state index in [0.717, 1.165) is 17.7 Å². The first-order valence-corrected chi connectivity index (χ1v) is 10.7. The SMILES string of the molecule is CN(C)S(=O)(=O)N1CCC[C@H](C(=O)Nc2ccc(Cc3ccncc3)cc2)C1. The molecule has 0 radical (unpaired) electrons. The lowest BCUT2D eigenvalue weighted by Crippen LogP contribution is -2.47. The highest BCUT2D eigenvalue weighted by Crippen LogP contribution is 2.22. The van der Waals surface area contributed by atoms with Crippen molar-refractivity contribution in [2.24, 2.45) is 5.92 Å². The number of nitrogens with one attached hydrogen (secondary N) is 1. The van der Waals surface area contributed by atoms with Gasteiger partial charge in [-0.15, -0.1) is 0 Å². The Kier molecular flexibility index (Phi) is 6.43. The highest BCUT2D eigenvalue weighted by molar-refractivity contribution is 7.86. The summed E-state index contributed by atoms with van der Waals surface area (Å²) in [6.45, 7) is 0.667. The van der Waals surface area contributed by atoms with Crippen molar-refractivity contribution in [3.8, 4) is 0 Å². The lowest BCUT2D eigenvalue weighted by atomic mass is 9.98. The number of pyridine rings is 1. The highest BCUT2D eigenvalue weighted by Gasteiger charge is 2.33. The van der Waals surface area contributed by atoms with E-state index in [1.165, 1.54) is 28.3 Å². The molecule has 0 bridgehead atoms. The number of nitrogens with zero attached hydrogens (tertiary/aromatic N) is 3. The molecule has 1 aromatic carbocycles. The van der Waals surface area contributed by atoms with Crippen molar-refractivity contribution in [3.05, 3.63) is 59.9 Å². The standard InChI is InChI=1S/C20H26N4O3S/c1-23(2)28(26,27)24-13-3-4-18(15-24)20(25)22-19-7-5-16(6-8-19)14-17-9-11-21-12-10-17/h5-12,18H,3-4,13-15H2,1-2H3,(H,22,25)/t18-/m0/s1. The van der Waals surface area contributed by atoms with Crippen molar-refractivity contribution < 1.29 is 13.2 Å². The van der Waals surface area contributed by atoms with E-state index in [-0.39, 0.29) is 18.4 Å². The molecule has 1 aliphatic rings. The van der Waals surface area contributed by atoms with E-state index in [1.54, 1.807) is 12.4 Å². The summed E-state index contributed by atoms with van der Waals surface area (Å²) in [5, 5.41) is 2.92. The summed E-state index contributed by atoms with van der Waals surface area (Å²) in [6.07, 6.45) is 5.71. The molecule has 0 aliphatic carbocycles. The number of anilines is 1. The van der Waals surface area contributed by atoms with Crippen molar-refractivity contribution in [3.63, 3.8) is 0 Å². The minimum absolute atomic E-state index is 0.138. The van der Waals surface area contributed by atoms with E-state index >= 15 is 0 Å². The number of rotatable bonds is 6. The van der Waals surface area contributed by atoms with Crippen LogP contribution in [0.2, 0.25) is 0 Å². The van der Waals surface area contributed by atoms with E-state index in [0.29, 0.717) is 19.4 Å². The predicted molar refractivity (Wildman–Crippen MR) is 109 cm³/mol. The third-order valence-electron chi connectivity index (χ3n) is 4.92. The van der Waals surface area contributed by atoms with E-state index < -0.39 is 10.2 Å². The summed E-state index contributed by atoms with van der Waals surface area (Å²) in [6, 6.07) is 11.7. The largest absolute Gasteiger partial charge is 0.326 e. The van der Waals surface area contributed by atoms with Crippen LogP contribution < -0.4 is 5.32 Å². The topological polar surface area (TPSA) is 82.6 Å². The van der Waals surface area contributed by atoms with E-state index in [9.17, 15) is 13.2 Å². The van der Waals surface area contributed by atoms with Crippen LogP contribution in [-0.4, -0.2) is 55.1 Å². The molecule has 1 atom stereocenters. The van der Waals surface area contributed by atoms with Crippen molar-refractivity contribution in [1.82, 2.24) is 13.6 Å². The Balaban J connectivity index is 1.60. The van der Waals surface area contributed by atoms with Gasteiger partial charge < -0.3 is 5.32 Å². The van der Waals surface area contributed by atoms with Gasteiger partial charge in [0.15, 0.2) is 0 Å². The number of amides is 1. The fraction of sp³-hybridized carbons (Fsp3) is 0.400. The fourth-order valence-corrected chi connectivity index (χ4v) is 4.47. The lowest BCUT2D eigenvalue weighted by molar-refractivity contribution is -0.120. The molecule has 2 heterocycles. The van der Waals surface area contributed by atoms with Gasteiger partial charge in [0.1, 0.15) is 0 Å². The van der Waals surface area contributed by atoms with E-state index in [2.05, 4.69) is 10.3 Å². The van der Waals surface area contributed by atoms with Gasteiger partial charge in [0, 0.05) is 45.3 Å². The summed E-state index contributed by atoms with van der Waals surface area (Å²) in [5.41, 5.74) is 3.04. The average molecular weight is 403 g/mol. The minimum Gasteiger partial charge on any atom is -0.326 e. The fourth-order valence-electron chi connectivity index (χ4n) is 3.28. The van der Waals surface area contributed by atoms with Crippen molar-refractivity contribution in [2.45, 2.75) is 19.3 Å². The molecule has 1 aromatic heterocycles. The highest BCUT2D eigenvalue weighted by atomic mass is 32.2. The lowest BCUT2D eigenvalue weighted by Gasteiger charge is -2.32. The molecule has 1 aliphatic heterocycles. The number of carbonyl (C=O) groups excluding carboxylic acids is 1. The molecule has 2 aromatic rings. The van der Waals surface area contributed by atoms with Crippen LogP contribution in [0.5, 0.6) is 0 Å². The van der Waals surface area contributed by atoms with Crippen LogP contribution in [-0.2, 0) is 21.4 Å². The maximum Gasteiger partial charge on any atom is 0.281 e. The summed E-state index contributed by atoms with van der Waals surface area (Å²) < 4.78 is 27.2. The van der Waals surface area contributed by atoms with Gasteiger partial charge in [-0.1, -0.05) is 12.1 Å². The second-order valence-electron chi connectivity index (χ2n) is 7.21. The third-order valence-corrected chi connectivity index (χ3v) is 6.83. The van der Waals surface area contributed by atoms with Crippen LogP contribution in [0.3, 0.4) is 0 Å². The second-order valence-corrected chi connectivity index (χ2v) is 9.35. The van der Waals surface area contributed by atoms with Crippen LogP contribution in [0.4, 0.5) is 5.69 Å². The number of aromatic nitrogens is 1. The Morgan fingerprint density at radius 1 is 1.14 bits per heavy atom. The monoisotopic (exact) mass is 402 g/mol. The maximum atomic E-state index is 12.6. The molecule has 1 saturated heterocycles. The number of hydrogen-bond acceptors (Lipinski definition) is 4. The molecule has 7 nitrogen and oxygen atoms in total. The Bertz CT molecular complexity index is 899. The molecular formula is C20H26N4O3S. The first kappa shape index (κ1) is 20.4. The molecule has 0 unspecified atom stereocenters. The molecule has 28 heavy (non-hydrogen) atoms. The van der Waals surface area contributed by atoms with E-state index in [1.807, 2.05) is 36.4 Å². The summed E-state index contributed by atoms with van der Waals surface area (Å²) in [7, 11) is -0.479. The van der Waals surface area contributed by atoms with Crippen molar-refractivity contribution in [2.75, 3.05) is 32.5 Å². The number of carbonyl (C=O) groups is 1. The van der Waals surface area contributed by atoms with Gasteiger partial charge in [-0.05, 0) is 54.7 Å². The van der Waals surface area contributed by atoms with E-state index in [4.69, 9.17) is 0 Å². The molecular weight excluding hydrogens is 376 g/mol. The first-order valence-electron chi connectivity index (χ1n) is 9.32. The summed E-state index contributed by atoms with van der Waals surface area (Å²) in [5.74, 6) is -0.486.